The maximum Gasteiger partial charge on any atom is 0.166 e. The number of rotatable bonds is 3. The quantitative estimate of drug-likeness (QED) is 0.926. The van der Waals surface area contributed by atoms with Gasteiger partial charge < -0.3 is 15.2 Å². The molecule has 0 fully saturated rings. The molecule has 0 unspecified atom stereocenters. The second-order valence-electron chi connectivity index (χ2n) is 3.63. The Morgan fingerprint density at radius 2 is 1.72 bits per heavy atom. The normalized spacial score (nSPS) is 10.2. The lowest BCUT2D eigenvalue weighted by Crippen LogP contribution is -1.98. The molecule has 94 valence electrons. The number of methoxy groups -OCH3 is 2. The molecule has 1 aromatic heterocycles. The van der Waals surface area contributed by atoms with E-state index in [4.69, 9.17) is 26.8 Å². The molecule has 0 saturated heterocycles. The molecule has 0 aliphatic rings. The van der Waals surface area contributed by atoms with Gasteiger partial charge in [0, 0.05) is 10.6 Å². The van der Waals surface area contributed by atoms with Gasteiger partial charge in [-0.25, -0.2) is 4.98 Å². The van der Waals surface area contributed by atoms with Crippen molar-refractivity contribution in [3.05, 3.63) is 35.4 Å². The van der Waals surface area contributed by atoms with Crippen molar-refractivity contribution in [2.24, 2.45) is 0 Å². The Labute approximate surface area is 110 Å². The molecule has 5 heteroatoms. The van der Waals surface area contributed by atoms with E-state index in [1.807, 2.05) is 6.07 Å². The van der Waals surface area contributed by atoms with Crippen LogP contribution in [0.2, 0.25) is 5.02 Å². The van der Waals surface area contributed by atoms with Gasteiger partial charge in [0.2, 0.25) is 0 Å². The van der Waals surface area contributed by atoms with Crippen LogP contribution in [0.25, 0.3) is 11.3 Å². The van der Waals surface area contributed by atoms with Gasteiger partial charge in [-0.2, -0.15) is 0 Å². The molecule has 4 nitrogen and oxygen atoms in total. The molecular weight excluding hydrogens is 252 g/mol. The summed E-state index contributed by atoms with van der Waals surface area (Å²) >= 11 is 5.98. The molecular formula is C13H13ClN2O2. The van der Waals surface area contributed by atoms with Gasteiger partial charge in [0.05, 0.1) is 19.9 Å². The molecule has 0 spiro atoms. The molecule has 18 heavy (non-hydrogen) atoms. The van der Waals surface area contributed by atoms with E-state index >= 15 is 0 Å². The first-order valence-electron chi connectivity index (χ1n) is 5.30. The summed E-state index contributed by atoms with van der Waals surface area (Å²) in [6.07, 6.45) is 0. The summed E-state index contributed by atoms with van der Waals surface area (Å²) in [6, 6.07) is 8.91. The fourth-order valence-corrected chi connectivity index (χ4v) is 1.84. The van der Waals surface area contributed by atoms with Gasteiger partial charge >= 0.3 is 0 Å². The van der Waals surface area contributed by atoms with E-state index in [-0.39, 0.29) is 0 Å². The fraction of sp³-hybridized carbons (Fsp3) is 0.154. The van der Waals surface area contributed by atoms with E-state index in [9.17, 15) is 0 Å². The van der Waals surface area contributed by atoms with Gasteiger partial charge in [0.25, 0.3) is 0 Å². The summed E-state index contributed by atoms with van der Waals surface area (Å²) in [4.78, 5) is 4.28. The van der Waals surface area contributed by atoms with E-state index in [1.54, 1.807) is 38.5 Å². The van der Waals surface area contributed by atoms with Crippen LogP contribution in [-0.2, 0) is 0 Å². The van der Waals surface area contributed by atoms with Crippen molar-refractivity contribution in [1.82, 2.24) is 4.98 Å². The van der Waals surface area contributed by atoms with Crippen LogP contribution in [0.5, 0.6) is 11.5 Å². The zero-order valence-electron chi connectivity index (χ0n) is 10.1. The van der Waals surface area contributed by atoms with Gasteiger partial charge in [-0.1, -0.05) is 11.6 Å². The minimum absolute atomic E-state index is 0.331. The topological polar surface area (TPSA) is 57.4 Å². The molecule has 0 bridgehead atoms. The Bertz CT molecular complexity index is 573. The molecule has 0 saturated carbocycles. The number of nitrogen functional groups attached to an aromatic ring is 1. The van der Waals surface area contributed by atoms with Gasteiger partial charge in [-0.05, 0) is 30.3 Å². The first kappa shape index (κ1) is 12.5. The largest absolute Gasteiger partial charge is 0.496 e. The standard InChI is InChI=1S/C13H13ClN2O2/c1-17-11-5-3-8(14)7-9(11)10-4-6-12(18-2)13(15)16-10/h3-7H,1-2H3,(H2,15,16). The number of hydrogen-bond donors (Lipinski definition) is 1. The van der Waals surface area contributed by atoms with E-state index in [0.717, 1.165) is 5.56 Å². The molecule has 0 radical (unpaired) electrons. The summed E-state index contributed by atoms with van der Waals surface area (Å²) in [6.45, 7) is 0. The third-order valence-electron chi connectivity index (χ3n) is 2.54. The van der Waals surface area contributed by atoms with Crippen molar-refractivity contribution in [3.8, 4) is 22.8 Å². The summed E-state index contributed by atoms with van der Waals surface area (Å²) in [5.74, 6) is 1.56. The molecule has 0 aliphatic carbocycles. The van der Waals surface area contributed by atoms with Crippen molar-refractivity contribution in [2.45, 2.75) is 0 Å². The van der Waals surface area contributed by atoms with Crippen LogP contribution in [0.4, 0.5) is 5.82 Å². The van der Waals surface area contributed by atoms with Crippen molar-refractivity contribution in [3.63, 3.8) is 0 Å². The van der Waals surface area contributed by atoms with Gasteiger partial charge in [-0.15, -0.1) is 0 Å². The van der Waals surface area contributed by atoms with Crippen LogP contribution in [0, 0.1) is 0 Å². The Kier molecular flexibility index (Phi) is 3.58. The highest BCUT2D eigenvalue weighted by molar-refractivity contribution is 6.30. The third-order valence-corrected chi connectivity index (χ3v) is 2.78. The molecule has 0 atom stereocenters. The first-order chi connectivity index (χ1) is 8.65. The van der Waals surface area contributed by atoms with E-state index in [1.165, 1.54) is 0 Å². The van der Waals surface area contributed by atoms with E-state index in [0.29, 0.717) is 28.0 Å². The molecule has 2 N–H and O–H groups in total. The van der Waals surface area contributed by atoms with E-state index in [2.05, 4.69) is 4.98 Å². The van der Waals surface area contributed by atoms with Gasteiger partial charge in [0.15, 0.2) is 11.6 Å². The lowest BCUT2D eigenvalue weighted by Gasteiger charge is -2.10. The number of hydrogen-bond acceptors (Lipinski definition) is 4. The number of halogens is 1. The molecule has 1 heterocycles. The van der Waals surface area contributed by atoms with Crippen LogP contribution in [0.15, 0.2) is 30.3 Å². The average Bonchev–Trinajstić information content (AvgIpc) is 2.38. The second kappa shape index (κ2) is 5.14. The van der Waals surface area contributed by atoms with E-state index < -0.39 is 0 Å². The summed E-state index contributed by atoms with van der Waals surface area (Å²) < 4.78 is 10.4. The summed E-state index contributed by atoms with van der Waals surface area (Å²) in [5.41, 5.74) is 7.27. The predicted octanol–water partition coefficient (Wildman–Crippen LogP) is 3.00. The second-order valence-corrected chi connectivity index (χ2v) is 4.07. The first-order valence-corrected chi connectivity index (χ1v) is 5.68. The predicted molar refractivity (Wildman–Crippen MR) is 72.2 cm³/mol. The number of nitrogens with zero attached hydrogens (tertiary/aromatic N) is 1. The SMILES string of the molecule is COc1ccc(Cl)cc1-c1ccc(OC)c(N)n1. The zero-order valence-corrected chi connectivity index (χ0v) is 10.9. The Morgan fingerprint density at radius 3 is 2.33 bits per heavy atom. The number of pyridine rings is 1. The Morgan fingerprint density at radius 1 is 1.06 bits per heavy atom. The number of benzene rings is 1. The molecule has 2 aromatic rings. The summed E-state index contributed by atoms with van der Waals surface area (Å²) in [7, 11) is 3.15. The zero-order chi connectivity index (χ0) is 13.1. The van der Waals surface area contributed by atoms with Gasteiger partial charge in [0.1, 0.15) is 5.75 Å². The Hall–Kier alpha value is -1.94. The highest BCUT2D eigenvalue weighted by Crippen LogP contribution is 2.33. The molecule has 2 rings (SSSR count). The maximum atomic E-state index is 5.98. The van der Waals surface area contributed by atoms with Crippen LogP contribution >= 0.6 is 11.6 Å². The molecule has 0 amide bonds. The molecule has 1 aromatic carbocycles. The summed E-state index contributed by atoms with van der Waals surface area (Å²) in [5, 5.41) is 0.613. The minimum Gasteiger partial charge on any atom is -0.496 e. The lowest BCUT2D eigenvalue weighted by atomic mass is 10.1. The highest BCUT2D eigenvalue weighted by atomic mass is 35.5. The number of nitrogens with two attached hydrogens (primary N) is 1. The fourth-order valence-electron chi connectivity index (χ4n) is 1.67. The van der Waals surface area contributed by atoms with Crippen molar-refractivity contribution in [1.29, 1.82) is 0 Å². The molecule has 0 aliphatic heterocycles. The maximum absolute atomic E-state index is 5.98. The number of ether oxygens (including phenoxy) is 2. The monoisotopic (exact) mass is 264 g/mol. The average molecular weight is 265 g/mol. The smallest absolute Gasteiger partial charge is 0.166 e. The van der Waals surface area contributed by atoms with Crippen LogP contribution in [0.1, 0.15) is 0 Å². The van der Waals surface area contributed by atoms with Crippen molar-refractivity contribution >= 4 is 17.4 Å². The van der Waals surface area contributed by atoms with Crippen molar-refractivity contribution < 1.29 is 9.47 Å². The number of aromatic nitrogens is 1. The van der Waals surface area contributed by atoms with Crippen LogP contribution in [0.3, 0.4) is 0 Å². The minimum atomic E-state index is 0.331. The van der Waals surface area contributed by atoms with Crippen LogP contribution in [-0.4, -0.2) is 19.2 Å². The number of anilines is 1. The van der Waals surface area contributed by atoms with Crippen LogP contribution < -0.4 is 15.2 Å². The lowest BCUT2D eigenvalue weighted by molar-refractivity contribution is 0.414. The highest BCUT2D eigenvalue weighted by Gasteiger charge is 2.10. The van der Waals surface area contributed by atoms with Gasteiger partial charge in [-0.3, -0.25) is 0 Å². The third kappa shape index (κ3) is 2.33. The Balaban J connectivity index is 2.54. The van der Waals surface area contributed by atoms with Crippen molar-refractivity contribution in [2.75, 3.05) is 20.0 Å².